The van der Waals surface area contributed by atoms with Gasteiger partial charge >= 0.3 is 6.09 Å². The molecule has 0 bridgehead atoms. The number of aliphatic hydroxyl groups excluding tert-OH is 1. The number of ether oxygens (including phenoxy) is 3. The van der Waals surface area contributed by atoms with Gasteiger partial charge in [0.05, 0.1) is 20.3 Å². The van der Waals surface area contributed by atoms with Crippen LogP contribution in [0.2, 0.25) is 0 Å². The number of benzene rings is 1. The van der Waals surface area contributed by atoms with Gasteiger partial charge < -0.3 is 24.6 Å². The van der Waals surface area contributed by atoms with Crippen molar-refractivity contribution in [3.05, 3.63) is 29.3 Å². The molecule has 0 heterocycles. The topological polar surface area (TPSA) is 77.0 Å². The highest BCUT2D eigenvalue weighted by atomic mass is 16.6. The van der Waals surface area contributed by atoms with Gasteiger partial charge in [0.25, 0.3) is 0 Å². The quantitative estimate of drug-likeness (QED) is 0.633. The van der Waals surface area contributed by atoms with E-state index in [9.17, 15) is 4.79 Å². The van der Waals surface area contributed by atoms with Crippen LogP contribution < -0.4 is 10.1 Å². The maximum Gasteiger partial charge on any atom is 0.407 e. The molecule has 6 nitrogen and oxygen atoms in total. The van der Waals surface area contributed by atoms with Gasteiger partial charge in [-0.25, -0.2) is 4.79 Å². The van der Waals surface area contributed by atoms with Crippen LogP contribution in [-0.2, 0) is 22.3 Å². The van der Waals surface area contributed by atoms with E-state index in [2.05, 4.69) is 11.4 Å². The Morgan fingerprint density at radius 1 is 1.20 bits per heavy atom. The molecule has 0 aromatic heterocycles. The number of methoxy groups -OCH3 is 1. The van der Waals surface area contributed by atoms with Gasteiger partial charge in [0.1, 0.15) is 11.4 Å². The van der Waals surface area contributed by atoms with Gasteiger partial charge in [-0.2, -0.15) is 0 Å². The van der Waals surface area contributed by atoms with Crippen molar-refractivity contribution in [3.8, 4) is 5.75 Å². The standard InChI is InChI=1S/C19H31NO5/c1-19(2,3)25-18(22)20-10-13-24-12-9-16-8-7-15(6-5-11-21)14-17(16)23-4/h7-8,14,21H,5-6,9-13H2,1-4H3,(H,20,22). The third-order valence-corrected chi connectivity index (χ3v) is 3.41. The van der Waals surface area contributed by atoms with E-state index in [0.717, 1.165) is 36.1 Å². The maximum atomic E-state index is 11.5. The molecule has 25 heavy (non-hydrogen) atoms. The molecule has 142 valence electrons. The number of nitrogens with one attached hydrogen (secondary N) is 1. The van der Waals surface area contributed by atoms with E-state index in [1.54, 1.807) is 7.11 Å². The summed E-state index contributed by atoms with van der Waals surface area (Å²) in [5.74, 6) is 0.839. The number of alkyl carbamates (subject to hydrolysis) is 1. The van der Waals surface area contributed by atoms with Gasteiger partial charge in [-0.1, -0.05) is 12.1 Å². The summed E-state index contributed by atoms with van der Waals surface area (Å²) in [6, 6.07) is 6.10. The molecule has 6 heteroatoms. The van der Waals surface area contributed by atoms with Crippen molar-refractivity contribution in [2.75, 3.05) is 33.5 Å². The number of rotatable bonds is 10. The summed E-state index contributed by atoms with van der Waals surface area (Å²) in [5.41, 5.74) is 1.73. The van der Waals surface area contributed by atoms with Crippen LogP contribution in [0.4, 0.5) is 4.79 Å². The number of amides is 1. The Balaban J connectivity index is 2.28. The Labute approximate surface area is 150 Å². The van der Waals surface area contributed by atoms with E-state index >= 15 is 0 Å². The number of hydrogen-bond acceptors (Lipinski definition) is 5. The van der Waals surface area contributed by atoms with Gasteiger partial charge in [0.15, 0.2) is 0 Å². The molecule has 2 N–H and O–H groups in total. The van der Waals surface area contributed by atoms with E-state index in [0.29, 0.717) is 19.8 Å². The van der Waals surface area contributed by atoms with E-state index in [1.807, 2.05) is 32.9 Å². The lowest BCUT2D eigenvalue weighted by atomic mass is 10.0. The number of hydrogen-bond donors (Lipinski definition) is 2. The van der Waals surface area contributed by atoms with Crippen LogP contribution in [0.5, 0.6) is 5.75 Å². The van der Waals surface area contributed by atoms with E-state index < -0.39 is 11.7 Å². The van der Waals surface area contributed by atoms with Crippen molar-refractivity contribution in [3.63, 3.8) is 0 Å². The molecule has 0 radical (unpaired) electrons. The maximum absolute atomic E-state index is 11.5. The van der Waals surface area contributed by atoms with Crippen LogP contribution in [0.3, 0.4) is 0 Å². The highest BCUT2D eigenvalue weighted by Gasteiger charge is 2.15. The molecule has 0 aliphatic heterocycles. The average molecular weight is 353 g/mol. The summed E-state index contributed by atoms with van der Waals surface area (Å²) >= 11 is 0. The molecule has 1 aromatic rings. The monoisotopic (exact) mass is 353 g/mol. The highest BCUT2D eigenvalue weighted by Crippen LogP contribution is 2.21. The summed E-state index contributed by atoms with van der Waals surface area (Å²) in [6.07, 6.45) is 1.88. The fourth-order valence-electron chi connectivity index (χ4n) is 2.26. The van der Waals surface area contributed by atoms with Gasteiger partial charge in [-0.3, -0.25) is 0 Å². The minimum absolute atomic E-state index is 0.190. The lowest BCUT2D eigenvalue weighted by Crippen LogP contribution is -2.34. The number of aryl methyl sites for hydroxylation is 1. The van der Waals surface area contributed by atoms with Gasteiger partial charge in [-0.15, -0.1) is 0 Å². The molecule has 0 spiro atoms. The van der Waals surface area contributed by atoms with Crippen LogP contribution in [0, 0.1) is 0 Å². The second-order valence-electron chi connectivity index (χ2n) is 6.76. The fraction of sp³-hybridized carbons (Fsp3) is 0.632. The number of aliphatic hydroxyl groups is 1. The molecule has 0 unspecified atom stereocenters. The molecule has 0 aliphatic rings. The second kappa shape index (κ2) is 10.9. The summed E-state index contributed by atoms with van der Waals surface area (Å²) < 4.78 is 16.1. The van der Waals surface area contributed by atoms with Crippen molar-refractivity contribution in [1.29, 1.82) is 0 Å². The van der Waals surface area contributed by atoms with Crippen molar-refractivity contribution in [1.82, 2.24) is 5.32 Å². The Morgan fingerprint density at radius 2 is 1.96 bits per heavy atom. The normalized spacial score (nSPS) is 11.2. The molecule has 1 aromatic carbocycles. The van der Waals surface area contributed by atoms with Crippen molar-refractivity contribution < 1.29 is 24.1 Å². The Hall–Kier alpha value is -1.79. The first-order valence-corrected chi connectivity index (χ1v) is 8.67. The van der Waals surface area contributed by atoms with Crippen LogP contribution in [0.1, 0.15) is 38.3 Å². The van der Waals surface area contributed by atoms with E-state index in [1.165, 1.54) is 0 Å². The first-order valence-electron chi connectivity index (χ1n) is 8.67. The molecule has 0 fully saturated rings. The minimum Gasteiger partial charge on any atom is -0.496 e. The molecule has 0 atom stereocenters. The van der Waals surface area contributed by atoms with Crippen LogP contribution >= 0.6 is 0 Å². The van der Waals surface area contributed by atoms with Gasteiger partial charge in [0, 0.05) is 13.2 Å². The third-order valence-electron chi connectivity index (χ3n) is 3.41. The number of carbonyl (C=O) groups is 1. The minimum atomic E-state index is -0.495. The van der Waals surface area contributed by atoms with Gasteiger partial charge in [0.2, 0.25) is 0 Å². The lowest BCUT2D eigenvalue weighted by molar-refractivity contribution is 0.0500. The average Bonchev–Trinajstić information content (AvgIpc) is 2.55. The molecular formula is C19H31NO5. The molecule has 0 saturated carbocycles. The zero-order valence-corrected chi connectivity index (χ0v) is 15.8. The predicted octanol–water partition coefficient (Wildman–Crippen LogP) is 2.70. The SMILES string of the molecule is COc1cc(CCCO)ccc1CCOCCNC(=O)OC(C)(C)C. The third kappa shape index (κ3) is 9.31. The molecular weight excluding hydrogens is 322 g/mol. The Bertz CT molecular complexity index is 525. The first kappa shape index (κ1) is 21.3. The van der Waals surface area contributed by atoms with Crippen LogP contribution in [0.25, 0.3) is 0 Å². The smallest absolute Gasteiger partial charge is 0.407 e. The predicted molar refractivity (Wildman–Crippen MR) is 97.2 cm³/mol. The Morgan fingerprint density at radius 3 is 2.60 bits per heavy atom. The van der Waals surface area contributed by atoms with Crippen molar-refractivity contribution in [2.24, 2.45) is 0 Å². The highest BCUT2D eigenvalue weighted by molar-refractivity contribution is 5.67. The first-order chi connectivity index (χ1) is 11.9. The lowest BCUT2D eigenvalue weighted by Gasteiger charge is -2.19. The molecule has 1 rings (SSSR count). The second-order valence-corrected chi connectivity index (χ2v) is 6.76. The zero-order valence-electron chi connectivity index (χ0n) is 15.8. The molecule has 0 saturated heterocycles. The van der Waals surface area contributed by atoms with Crippen molar-refractivity contribution in [2.45, 2.75) is 45.6 Å². The number of carbonyl (C=O) groups excluding carboxylic acids is 1. The van der Waals surface area contributed by atoms with E-state index in [-0.39, 0.29) is 6.61 Å². The summed E-state index contributed by atoms with van der Waals surface area (Å²) in [5, 5.41) is 11.6. The molecule has 0 aliphatic carbocycles. The summed E-state index contributed by atoms with van der Waals surface area (Å²) in [4.78, 5) is 11.5. The summed E-state index contributed by atoms with van der Waals surface area (Å²) in [7, 11) is 1.65. The van der Waals surface area contributed by atoms with Crippen LogP contribution in [0.15, 0.2) is 18.2 Å². The van der Waals surface area contributed by atoms with Crippen LogP contribution in [-0.4, -0.2) is 50.3 Å². The largest absolute Gasteiger partial charge is 0.496 e. The summed E-state index contributed by atoms with van der Waals surface area (Å²) in [6.45, 7) is 7.04. The van der Waals surface area contributed by atoms with Crippen molar-refractivity contribution >= 4 is 6.09 Å². The van der Waals surface area contributed by atoms with E-state index in [4.69, 9.17) is 19.3 Å². The Kier molecular flexibility index (Phi) is 9.31. The molecule has 1 amide bonds. The van der Waals surface area contributed by atoms with Gasteiger partial charge in [-0.05, 0) is 57.2 Å². The fourth-order valence-corrected chi connectivity index (χ4v) is 2.26. The zero-order chi connectivity index (χ0) is 18.7.